The highest BCUT2D eigenvalue weighted by atomic mass is 35.7. The Morgan fingerprint density at radius 3 is 2.21 bits per heavy atom. The number of hydrogen-bond acceptors (Lipinski definition) is 3. The van der Waals surface area contributed by atoms with Crippen LogP contribution < -0.4 is 5.32 Å². The van der Waals surface area contributed by atoms with E-state index >= 15 is 0 Å². The van der Waals surface area contributed by atoms with E-state index < -0.39 is 20.5 Å². The van der Waals surface area contributed by atoms with Crippen LogP contribution in [0.3, 0.4) is 0 Å². The van der Waals surface area contributed by atoms with E-state index in [0.717, 1.165) is 0 Å². The van der Waals surface area contributed by atoms with Crippen LogP contribution in [0.5, 0.6) is 0 Å². The summed E-state index contributed by atoms with van der Waals surface area (Å²) in [6.45, 7) is 6.99. The number of rotatable bonds is 2. The summed E-state index contributed by atoms with van der Waals surface area (Å²) in [7, 11) is 1.38. The van der Waals surface area contributed by atoms with E-state index in [0.29, 0.717) is 0 Å². The lowest BCUT2D eigenvalue weighted by Gasteiger charge is -2.21. The van der Waals surface area contributed by atoms with Gasteiger partial charge in [-0.15, -0.1) is 0 Å². The van der Waals surface area contributed by atoms with E-state index in [1.165, 1.54) is 19.1 Å². The zero-order chi connectivity index (χ0) is 15.0. The molecular weight excluding hydrogens is 309 g/mol. The van der Waals surface area contributed by atoms with Crippen LogP contribution in [0.15, 0.2) is 17.0 Å². The van der Waals surface area contributed by atoms with Gasteiger partial charge < -0.3 is 5.32 Å². The van der Waals surface area contributed by atoms with Crippen LogP contribution in [-0.4, -0.2) is 19.9 Å². The normalized spacial score (nSPS) is 12.3. The Balaban J connectivity index is 3.38. The number of halogens is 2. The summed E-state index contributed by atoms with van der Waals surface area (Å²) in [6.07, 6.45) is 0. The van der Waals surface area contributed by atoms with Gasteiger partial charge in [-0.25, -0.2) is 8.42 Å². The van der Waals surface area contributed by atoms with Crippen LogP contribution in [0.2, 0.25) is 5.02 Å². The van der Waals surface area contributed by atoms with Crippen molar-refractivity contribution in [1.82, 2.24) is 5.32 Å². The molecule has 1 amide bonds. The van der Waals surface area contributed by atoms with Crippen LogP contribution in [-0.2, 0) is 9.05 Å². The first-order chi connectivity index (χ1) is 8.42. The minimum atomic E-state index is -3.95. The van der Waals surface area contributed by atoms with Crippen molar-refractivity contribution < 1.29 is 13.2 Å². The summed E-state index contributed by atoms with van der Waals surface area (Å²) in [5.74, 6) is -0.394. The van der Waals surface area contributed by atoms with Gasteiger partial charge >= 0.3 is 0 Å². The molecule has 0 atom stereocenters. The fraction of sp³-hybridized carbons (Fsp3) is 0.417. The van der Waals surface area contributed by atoms with Gasteiger partial charge in [-0.05, 0) is 45.4 Å². The molecule has 0 aliphatic rings. The zero-order valence-corrected chi connectivity index (χ0v) is 13.4. The summed E-state index contributed by atoms with van der Waals surface area (Å²) in [6, 6.07) is 2.65. The molecule has 7 heteroatoms. The lowest BCUT2D eigenvalue weighted by Crippen LogP contribution is -2.40. The second kappa shape index (κ2) is 5.31. The zero-order valence-electron chi connectivity index (χ0n) is 11.0. The molecule has 0 saturated heterocycles. The maximum Gasteiger partial charge on any atom is 0.261 e. The number of carbonyl (C=O) groups is 1. The summed E-state index contributed by atoms with van der Waals surface area (Å²) < 4.78 is 22.9. The predicted molar refractivity (Wildman–Crippen MR) is 76.4 cm³/mol. The number of hydrogen-bond donors (Lipinski definition) is 1. The Labute approximate surface area is 122 Å². The summed E-state index contributed by atoms with van der Waals surface area (Å²) in [4.78, 5) is 12.0. The molecule has 0 saturated carbocycles. The Morgan fingerprint density at radius 2 is 1.79 bits per heavy atom. The Hall–Kier alpha value is -0.780. The second-order valence-electron chi connectivity index (χ2n) is 5.22. The predicted octanol–water partition coefficient (Wildman–Crippen LogP) is 3.10. The second-order valence-corrected chi connectivity index (χ2v) is 8.19. The van der Waals surface area contributed by atoms with Crippen molar-refractivity contribution in [2.75, 3.05) is 0 Å². The Morgan fingerprint density at radius 1 is 1.26 bits per heavy atom. The van der Waals surface area contributed by atoms with Crippen molar-refractivity contribution in [3.63, 3.8) is 0 Å². The van der Waals surface area contributed by atoms with Crippen molar-refractivity contribution in [3.05, 3.63) is 28.3 Å². The summed E-state index contributed by atoms with van der Waals surface area (Å²) >= 11 is 5.84. The lowest BCUT2D eigenvalue weighted by molar-refractivity contribution is 0.0918. The standard InChI is InChI=1S/C12H15Cl2NO3S/c1-7-9(11(16)15-12(2,3)4)5-8(13)6-10(7)19(14,17)18/h5-6H,1-4H3,(H,15,16). The quantitative estimate of drug-likeness (QED) is 0.850. The molecule has 4 nitrogen and oxygen atoms in total. The maximum absolute atomic E-state index is 12.1. The number of benzene rings is 1. The minimum absolute atomic E-state index is 0.142. The van der Waals surface area contributed by atoms with E-state index in [2.05, 4.69) is 5.32 Å². The molecule has 0 fully saturated rings. The molecular formula is C12H15Cl2NO3S. The summed E-state index contributed by atoms with van der Waals surface area (Å²) in [5, 5.41) is 2.89. The molecule has 0 heterocycles. The van der Waals surface area contributed by atoms with Gasteiger partial charge in [0, 0.05) is 26.8 Å². The molecule has 19 heavy (non-hydrogen) atoms. The fourth-order valence-electron chi connectivity index (χ4n) is 1.55. The van der Waals surface area contributed by atoms with E-state index in [4.69, 9.17) is 22.3 Å². The van der Waals surface area contributed by atoms with Crippen LogP contribution in [0.25, 0.3) is 0 Å². The van der Waals surface area contributed by atoms with Crippen molar-refractivity contribution in [3.8, 4) is 0 Å². The fourth-order valence-corrected chi connectivity index (χ4v) is 3.06. The number of amides is 1. The SMILES string of the molecule is Cc1c(C(=O)NC(C)(C)C)cc(Cl)cc1S(=O)(=O)Cl. The first-order valence-corrected chi connectivity index (χ1v) is 8.18. The van der Waals surface area contributed by atoms with Gasteiger partial charge in [-0.2, -0.15) is 0 Å². The third-order valence-corrected chi connectivity index (χ3v) is 3.99. The van der Waals surface area contributed by atoms with Crippen molar-refractivity contribution in [2.24, 2.45) is 0 Å². The van der Waals surface area contributed by atoms with Gasteiger partial charge in [0.25, 0.3) is 15.0 Å². The van der Waals surface area contributed by atoms with Crippen LogP contribution >= 0.6 is 22.3 Å². The smallest absolute Gasteiger partial charge is 0.261 e. The molecule has 1 N–H and O–H groups in total. The molecule has 106 valence electrons. The van der Waals surface area contributed by atoms with Gasteiger partial charge in [0.15, 0.2) is 0 Å². The van der Waals surface area contributed by atoms with E-state index in [1.54, 1.807) is 0 Å². The van der Waals surface area contributed by atoms with Gasteiger partial charge in [0.2, 0.25) is 0 Å². The summed E-state index contributed by atoms with van der Waals surface area (Å²) in [5.41, 5.74) is 0.0362. The van der Waals surface area contributed by atoms with Gasteiger partial charge in [-0.1, -0.05) is 11.6 Å². The molecule has 0 aliphatic carbocycles. The monoisotopic (exact) mass is 323 g/mol. The highest BCUT2D eigenvalue weighted by Gasteiger charge is 2.22. The van der Waals surface area contributed by atoms with Crippen LogP contribution in [0, 0.1) is 6.92 Å². The lowest BCUT2D eigenvalue weighted by atomic mass is 10.0. The molecule has 0 spiro atoms. The van der Waals surface area contributed by atoms with Gasteiger partial charge in [-0.3, -0.25) is 4.79 Å². The number of carbonyl (C=O) groups excluding carboxylic acids is 1. The third-order valence-electron chi connectivity index (χ3n) is 2.32. The van der Waals surface area contributed by atoms with Crippen molar-refractivity contribution >= 4 is 37.2 Å². The third kappa shape index (κ3) is 4.37. The largest absolute Gasteiger partial charge is 0.347 e. The highest BCUT2D eigenvalue weighted by Crippen LogP contribution is 2.27. The minimum Gasteiger partial charge on any atom is -0.347 e. The number of nitrogens with one attached hydrogen (secondary N) is 1. The molecule has 0 radical (unpaired) electrons. The van der Waals surface area contributed by atoms with Crippen molar-refractivity contribution in [2.45, 2.75) is 38.1 Å². The average Bonchev–Trinajstić information content (AvgIpc) is 2.16. The van der Waals surface area contributed by atoms with E-state index in [1.807, 2.05) is 20.8 Å². The molecule has 0 unspecified atom stereocenters. The Bertz CT molecular complexity index is 619. The molecule has 0 aromatic heterocycles. The first kappa shape index (κ1) is 16.3. The average molecular weight is 324 g/mol. The maximum atomic E-state index is 12.1. The van der Waals surface area contributed by atoms with E-state index in [9.17, 15) is 13.2 Å². The highest BCUT2D eigenvalue weighted by molar-refractivity contribution is 8.13. The van der Waals surface area contributed by atoms with Crippen LogP contribution in [0.4, 0.5) is 0 Å². The van der Waals surface area contributed by atoms with E-state index in [-0.39, 0.29) is 21.0 Å². The van der Waals surface area contributed by atoms with Gasteiger partial charge in [0.05, 0.1) is 4.90 Å². The van der Waals surface area contributed by atoms with Crippen molar-refractivity contribution in [1.29, 1.82) is 0 Å². The molecule has 0 bridgehead atoms. The van der Waals surface area contributed by atoms with Gasteiger partial charge in [0.1, 0.15) is 0 Å². The molecule has 0 aliphatic heterocycles. The topological polar surface area (TPSA) is 63.2 Å². The first-order valence-electron chi connectivity index (χ1n) is 5.49. The molecule has 1 aromatic carbocycles. The molecule has 1 rings (SSSR count). The Kier molecular flexibility index (Phi) is 4.55. The van der Waals surface area contributed by atoms with Crippen LogP contribution in [0.1, 0.15) is 36.7 Å². The molecule has 1 aromatic rings.